The molecule has 1 heterocycles. The minimum absolute atomic E-state index is 0.00857. The van der Waals surface area contributed by atoms with Crippen molar-refractivity contribution in [1.29, 1.82) is 0 Å². The van der Waals surface area contributed by atoms with Crippen LogP contribution in [0.3, 0.4) is 0 Å². The fraction of sp³-hybridized carbons (Fsp3) is 0.250. The summed E-state index contributed by atoms with van der Waals surface area (Å²) >= 11 is 0. The first-order chi connectivity index (χ1) is 10.0. The van der Waals surface area contributed by atoms with Crippen molar-refractivity contribution < 1.29 is 14.8 Å². The first-order valence-corrected chi connectivity index (χ1v) is 6.12. The van der Waals surface area contributed by atoms with Crippen LogP contribution in [0, 0.1) is 10.1 Å². The molecule has 9 nitrogen and oxygen atoms in total. The number of aromatic carboxylic acids is 1. The summed E-state index contributed by atoms with van der Waals surface area (Å²) in [5.41, 5.74) is 6.52. The number of nitro benzene ring substituents is 1. The summed E-state index contributed by atoms with van der Waals surface area (Å²) in [4.78, 5) is 21.2. The molecule has 0 spiro atoms. The van der Waals surface area contributed by atoms with Crippen LogP contribution in [0.1, 0.15) is 21.7 Å². The Bertz CT molecular complexity index is 665. The Hall–Kier alpha value is -2.81. The molecule has 0 saturated carbocycles. The van der Waals surface area contributed by atoms with E-state index in [1.165, 1.54) is 16.8 Å². The monoisotopic (exact) mass is 291 g/mol. The van der Waals surface area contributed by atoms with Gasteiger partial charge >= 0.3 is 5.97 Å². The van der Waals surface area contributed by atoms with Gasteiger partial charge in [0.15, 0.2) is 5.69 Å². The number of hydrogen-bond acceptors (Lipinski definition) is 6. The third-order valence-electron chi connectivity index (χ3n) is 2.90. The highest BCUT2D eigenvalue weighted by molar-refractivity contribution is 5.86. The van der Waals surface area contributed by atoms with Gasteiger partial charge < -0.3 is 10.8 Å². The van der Waals surface area contributed by atoms with Crippen LogP contribution in [0.4, 0.5) is 5.69 Å². The third-order valence-corrected chi connectivity index (χ3v) is 2.90. The second-order valence-corrected chi connectivity index (χ2v) is 4.31. The molecule has 0 atom stereocenters. The highest BCUT2D eigenvalue weighted by Crippen LogP contribution is 2.14. The number of nitrogens with zero attached hydrogens (tertiary/aromatic N) is 4. The largest absolute Gasteiger partial charge is 0.476 e. The molecule has 9 heteroatoms. The van der Waals surface area contributed by atoms with Gasteiger partial charge in [-0.3, -0.25) is 10.1 Å². The van der Waals surface area contributed by atoms with Crippen molar-refractivity contribution >= 4 is 11.7 Å². The fourth-order valence-corrected chi connectivity index (χ4v) is 1.91. The topological polar surface area (TPSA) is 137 Å². The summed E-state index contributed by atoms with van der Waals surface area (Å²) < 4.78 is 1.44. The standard InChI is InChI=1S/C12H13N5O4/c13-6-5-10-11(12(18)19)14-15-16(10)7-8-1-3-9(4-2-8)17(20)21/h1-4H,5-7,13H2,(H,18,19). The fourth-order valence-electron chi connectivity index (χ4n) is 1.91. The van der Waals surface area contributed by atoms with Gasteiger partial charge in [-0.1, -0.05) is 17.3 Å². The summed E-state index contributed by atoms with van der Waals surface area (Å²) in [5.74, 6) is -1.16. The number of carboxylic acid groups (broad SMARTS) is 1. The van der Waals surface area contributed by atoms with Gasteiger partial charge in [0.1, 0.15) is 0 Å². The van der Waals surface area contributed by atoms with E-state index in [-0.39, 0.29) is 24.5 Å². The van der Waals surface area contributed by atoms with Crippen molar-refractivity contribution in [2.45, 2.75) is 13.0 Å². The molecule has 0 aliphatic carbocycles. The van der Waals surface area contributed by atoms with Crippen LogP contribution in [0.2, 0.25) is 0 Å². The van der Waals surface area contributed by atoms with Gasteiger partial charge in [-0.15, -0.1) is 5.10 Å². The lowest BCUT2D eigenvalue weighted by Gasteiger charge is -2.06. The third kappa shape index (κ3) is 3.20. The Morgan fingerprint density at radius 2 is 2.05 bits per heavy atom. The molecule has 110 valence electrons. The molecule has 0 fully saturated rings. The van der Waals surface area contributed by atoms with Gasteiger partial charge in [0.2, 0.25) is 0 Å². The molecule has 0 amide bonds. The number of nitrogens with two attached hydrogens (primary N) is 1. The van der Waals surface area contributed by atoms with Crippen molar-refractivity contribution in [1.82, 2.24) is 15.0 Å². The number of carbonyl (C=O) groups is 1. The van der Waals surface area contributed by atoms with Crippen molar-refractivity contribution in [2.24, 2.45) is 5.73 Å². The summed E-state index contributed by atoms with van der Waals surface area (Å²) in [7, 11) is 0. The second kappa shape index (κ2) is 6.09. The molecule has 2 aromatic rings. The van der Waals surface area contributed by atoms with Crippen LogP contribution in [-0.4, -0.2) is 37.5 Å². The Kier molecular flexibility index (Phi) is 4.24. The van der Waals surface area contributed by atoms with Crippen LogP contribution in [0.5, 0.6) is 0 Å². The Balaban J connectivity index is 2.26. The number of benzene rings is 1. The highest BCUT2D eigenvalue weighted by atomic mass is 16.6. The van der Waals surface area contributed by atoms with Gasteiger partial charge in [0.25, 0.3) is 5.69 Å². The van der Waals surface area contributed by atoms with Gasteiger partial charge in [-0.25, -0.2) is 9.48 Å². The van der Waals surface area contributed by atoms with Gasteiger partial charge in [-0.2, -0.15) is 0 Å². The van der Waals surface area contributed by atoms with E-state index < -0.39 is 10.9 Å². The summed E-state index contributed by atoms with van der Waals surface area (Å²) in [6, 6.07) is 5.94. The first-order valence-electron chi connectivity index (χ1n) is 6.12. The molecule has 3 N–H and O–H groups in total. The van der Waals surface area contributed by atoms with E-state index in [0.29, 0.717) is 12.1 Å². The summed E-state index contributed by atoms with van der Waals surface area (Å²) in [6.07, 6.45) is 0.335. The molecule has 0 aliphatic rings. The predicted molar refractivity (Wildman–Crippen MR) is 71.9 cm³/mol. The number of rotatable bonds is 6. The molecule has 0 saturated heterocycles. The quantitative estimate of drug-likeness (QED) is 0.581. The summed E-state index contributed by atoms with van der Waals surface area (Å²) in [5, 5.41) is 27.1. The highest BCUT2D eigenvalue weighted by Gasteiger charge is 2.18. The van der Waals surface area contributed by atoms with E-state index in [1.807, 2.05) is 0 Å². The number of aromatic nitrogens is 3. The lowest BCUT2D eigenvalue weighted by molar-refractivity contribution is -0.384. The maximum absolute atomic E-state index is 11.1. The Morgan fingerprint density at radius 3 is 2.57 bits per heavy atom. The minimum atomic E-state index is -1.16. The first kappa shape index (κ1) is 14.6. The van der Waals surface area contributed by atoms with Gasteiger partial charge in [0.05, 0.1) is 17.2 Å². The zero-order valence-electron chi connectivity index (χ0n) is 11.0. The molecule has 0 bridgehead atoms. The molecule has 1 aromatic carbocycles. The van der Waals surface area contributed by atoms with Crippen LogP contribution < -0.4 is 5.73 Å². The normalized spacial score (nSPS) is 10.5. The molecule has 2 rings (SSSR count). The molecule has 0 unspecified atom stereocenters. The van der Waals surface area contributed by atoms with Crippen molar-refractivity contribution in [3.63, 3.8) is 0 Å². The van der Waals surface area contributed by atoms with Gasteiger partial charge in [0, 0.05) is 18.6 Å². The Labute approximate surface area is 119 Å². The zero-order chi connectivity index (χ0) is 15.4. The summed E-state index contributed by atoms with van der Waals surface area (Å²) in [6.45, 7) is 0.543. The molecule has 0 aliphatic heterocycles. The van der Waals surface area contributed by atoms with Crippen molar-refractivity contribution in [2.75, 3.05) is 6.54 Å². The molecule has 21 heavy (non-hydrogen) atoms. The molecular formula is C12H13N5O4. The number of nitro groups is 1. The van der Waals surface area contributed by atoms with E-state index in [4.69, 9.17) is 10.8 Å². The number of carboxylic acids is 1. The van der Waals surface area contributed by atoms with Crippen molar-refractivity contribution in [3.8, 4) is 0 Å². The van der Waals surface area contributed by atoms with E-state index in [0.717, 1.165) is 5.56 Å². The van der Waals surface area contributed by atoms with Crippen LogP contribution in [0.15, 0.2) is 24.3 Å². The number of non-ortho nitro benzene ring substituents is 1. The van der Waals surface area contributed by atoms with Gasteiger partial charge in [-0.05, 0) is 12.1 Å². The molecule has 0 radical (unpaired) electrons. The maximum atomic E-state index is 11.1. The van der Waals surface area contributed by atoms with Crippen molar-refractivity contribution in [3.05, 3.63) is 51.3 Å². The smallest absolute Gasteiger partial charge is 0.358 e. The van der Waals surface area contributed by atoms with E-state index >= 15 is 0 Å². The van der Waals surface area contributed by atoms with E-state index in [2.05, 4.69) is 10.3 Å². The molecule has 1 aromatic heterocycles. The lowest BCUT2D eigenvalue weighted by atomic mass is 10.2. The number of hydrogen-bond donors (Lipinski definition) is 2. The average molecular weight is 291 g/mol. The van der Waals surface area contributed by atoms with Crippen LogP contribution in [-0.2, 0) is 13.0 Å². The predicted octanol–water partition coefficient (Wildman–Crippen LogP) is 0.434. The van der Waals surface area contributed by atoms with Crippen LogP contribution >= 0.6 is 0 Å². The Morgan fingerprint density at radius 1 is 1.38 bits per heavy atom. The minimum Gasteiger partial charge on any atom is -0.476 e. The lowest BCUT2D eigenvalue weighted by Crippen LogP contribution is -2.14. The zero-order valence-corrected chi connectivity index (χ0v) is 11.0. The second-order valence-electron chi connectivity index (χ2n) is 4.31. The maximum Gasteiger partial charge on any atom is 0.358 e. The SMILES string of the molecule is NCCc1c(C(=O)O)nnn1Cc1ccc([N+](=O)[O-])cc1. The van der Waals surface area contributed by atoms with E-state index in [9.17, 15) is 14.9 Å². The van der Waals surface area contributed by atoms with E-state index in [1.54, 1.807) is 12.1 Å². The average Bonchev–Trinajstić information content (AvgIpc) is 2.83. The van der Waals surface area contributed by atoms with Crippen LogP contribution in [0.25, 0.3) is 0 Å². The molecular weight excluding hydrogens is 278 g/mol.